The lowest BCUT2D eigenvalue weighted by molar-refractivity contribution is 0.628. The molecule has 0 saturated heterocycles. The zero-order chi connectivity index (χ0) is 13.1. The van der Waals surface area contributed by atoms with Gasteiger partial charge in [-0.05, 0) is 29.8 Å². The van der Waals surface area contributed by atoms with Crippen LogP contribution in [0.2, 0.25) is 0 Å². The van der Waals surface area contributed by atoms with Crippen LogP contribution in [0.25, 0.3) is 5.65 Å². The average molecular weight is 256 g/mol. The lowest BCUT2D eigenvalue weighted by Crippen LogP contribution is -1.98. The van der Waals surface area contributed by atoms with Crippen molar-refractivity contribution in [1.29, 1.82) is 0 Å². The van der Waals surface area contributed by atoms with Gasteiger partial charge in [-0.15, -0.1) is 15.3 Å². The first kappa shape index (κ1) is 11.3. The van der Waals surface area contributed by atoms with Gasteiger partial charge in [-0.25, -0.2) is 4.39 Å². The number of nitrogens with zero attached hydrogens (tertiary/aromatic N) is 5. The number of anilines is 1. The van der Waals surface area contributed by atoms with Crippen LogP contribution in [0, 0.1) is 5.82 Å². The Morgan fingerprint density at radius 3 is 2.84 bits per heavy atom. The fraction of sp³-hybridized carbons (Fsp3) is 0. The van der Waals surface area contributed by atoms with E-state index in [1.165, 1.54) is 23.0 Å². The van der Waals surface area contributed by atoms with E-state index < -0.39 is 0 Å². The number of hydrazone groups is 1. The van der Waals surface area contributed by atoms with Crippen LogP contribution >= 0.6 is 0 Å². The van der Waals surface area contributed by atoms with Gasteiger partial charge in [-0.3, -0.25) is 5.43 Å². The number of halogens is 1. The monoisotopic (exact) mass is 256 g/mol. The summed E-state index contributed by atoms with van der Waals surface area (Å²) < 4.78 is 14.2. The molecule has 0 radical (unpaired) electrons. The molecule has 3 rings (SSSR count). The van der Waals surface area contributed by atoms with Crippen molar-refractivity contribution >= 4 is 17.7 Å². The fourth-order valence-corrected chi connectivity index (χ4v) is 1.51. The maximum atomic E-state index is 12.7. The van der Waals surface area contributed by atoms with E-state index in [2.05, 4.69) is 25.8 Å². The topological polar surface area (TPSA) is 67.5 Å². The number of fused-ring (bicyclic) bond motifs is 1. The van der Waals surface area contributed by atoms with Crippen LogP contribution in [0.3, 0.4) is 0 Å². The molecule has 0 aliphatic carbocycles. The minimum Gasteiger partial charge on any atom is -0.260 e. The minimum absolute atomic E-state index is 0.273. The highest BCUT2D eigenvalue weighted by Crippen LogP contribution is 2.04. The van der Waals surface area contributed by atoms with Gasteiger partial charge >= 0.3 is 0 Å². The van der Waals surface area contributed by atoms with E-state index in [0.29, 0.717) is 11.5 Å². The number of benzene rings is 1. The Labute approximate surface area is 107 Å². The Bertz CT molecular complexity index is 718. The number of nitrogens with one attached hydrogen (secondary N) is 1. The first-order valence-corrected chi connectivity index (χ1v) is 5.53. The first-order chi connectivity index (χ1) is 9.31. The van der Waals surface area contributed by atoms with Crippen LogP contribution in [0.1, 0.15) is 5.56 Å². The van der Waals surface area contributed by atoms with Gasteiger partial charge in [0.05, 0.1) is 6.21 Å². The zero-order valence-electron chi connectivity index (χ0n) is 9.73. The summed E-state index contributed by atoms with van der Waals surface area (Å²) in [7, 11) is 0. The molecule has 0 aliphatic rings. The Kier molecular flexibility index (Phi) is 2.85. The van der Waals surface area contributed by atoms with Crippen LogP contribution in [0.5, 0.6) is 0 Å². The Morgan fingerprint density at radius 1 is 1.16 bits per heavy atom. The maximum absolute atomic E-state index is 12.7. The standard InChI is InChI=1S/C12H9FN6/c13-10-3-1-9(2-4-10)7-14-16-11-5-6-12-17-15-8-19(12)18-11/h1-8H,(H,16,18)/b14-7+. The van der Waals surface area contributed by atoms with E-state index in [-0.39, 0.29) is 5.82 Å². The molecule has 0 amide bonds. The lowest BCUT2D eigenvalue weighted by atomic mass is 10.2. The predicted octanol–water partition coefficient (Wildman–Crippen LogP) is 1.71. The van der Waals surface area contributed by atoms with E-state index in [4.69, 9.17) is 0 Å². The van der Waals surface area contributed by atoms with Crippen molar-refractivity contribution in [3.05, 3.63) is 54.1 Å². The van der Waals surface area contributed by atoms with Crippen molar-refractivity contribution in [3.8, 4) is 0 Å². The molecular weight excluding hydrogens is 247 g/mol. The van der Waals surface area contributed by atoms with Gasteiger partial charge < -0.3 is 0 Å². The van der Waals surface area contributed by atoms with Crippen molar-refractivity contribution in [2.24, 2.45) is 5.10 Å². The summed E-state index contributed by atoms with van der Waals surface area (Å²) in [5, 5.41) is 15.8. The summed E-state index contributed by atoms with van der Waals surface area (Å²) in [6, 6.07) is 9.54. The second kappa shape index (κ2) is 4.81. The third-order valence-electron chi connectivity index (χ3n) is 2.42. The molecule has 3 aromatic rings. The molecule has 0 fully saturated rings. The van der Waals surface area contributed by atoms with Crippen molar-refractivity contribution in [2.75, 3.05) is 5.43 Å². The van der Waals surface area contributed by atoms with Crippen molar-refractivity contribution in [2.45, 2.75) is 0 Å². The molecule has 0 atom stereocenters. The van der Waals surface area contributed by atoms with Gasteiger partial charge in [-0.1, -0.05) is 12.1 Å². The molecule has 1 aromatic carbocycles. The van der Waals surface area contributed by atoms with E-state index in [1.54, 1.807) is 30.5 Å². The van der Waals surface area contributed by atoms with E-state index in [0.717, 1.165) is 5.56 Å². The van der Waals surface area contributed by atoms with Gasteiger partial charge in [0.2, 0.25) is 0 Å². The minimum atomic E-state index is -0.273. The SMILES string of the molecule is Fc1ccc(/C=N/Nc2ccc3nncn3n2)cc1. The van der Waals surface area contributed by atoms with Crippen molar-refractivity contribution in [3.63, 3.8) is 0 Å². The van der Waals surface area contributed by atoms with Crippen molar-refractivity contribution < 1.29 is 4.39 Å². The number of hydrogen-bond acceptors (Lipinski definition) is 5. The molecule has 0 aliphatic heterocycles. The van der Waals surface area contributed by atoms with E-state index >= 15 is 0 Å². The van der Waals surface area contributed by atoms with Gasteiger partial charge in [0.1, 0.15) is 12.1 Å². The van der Waals surface area contributed by atoms with Gasteiger partial charge in [0.25, 0.3) is 0 Å². The van der Waals surface area contributed by atoms with Crippen LogP contribution in [-0.4, -0.2) is 26.0 Å². The summed E-state index contributed by atoms with van der Waals surface area (Å²) in [6.45, 7) is 0. The molecule has 6 nitrogen and oxygen atoms in total. The number of hydrogen-bond donors (Lipinski definition) is 1. The highest BCUT2D eigenvalue weighted by Gasteiger charge is 1.97. The molecule has 2 heterocycles. The lowest BCUT2D eigenvalue weighted by Gasteiger charge is -1.99. The largest absolute Gasteiger partial charge is 0.260 e. The first-order valence-electron chi connectivity index (χ1n) is 5.53. The molecule has 19 heavy (non-hydrogen) atoms. The predicted molar refractivity (Wildman–Crippen MR) is 68.4 cm³/mol. The van der Waals surface area contributed by atoms with Crippen molar-refractivity contribution in [1.82, 2.24) is 19.8 Å². The highest BCUT2D eigenvalue weighted by atomic mass is 19.1. The van der Waals surface area contributed by atoms with Crippen LogP contribution in [-0.2, 0) is 0 Å². The molecule has 0 spiro atoms. The zero-order valence-corrected chi connectivity index (χ0v) is 9.73. The van der Waals surface area contributed by atoms with Gasteiger partial charge in [0.15, 0.2) is 11.5 Å². The normalized spacial score (nSPS) is 11.2. The van der Waals surface area contributed by atoms with E-state index in [9.17, 15) is 4.39 Å². The molecule has 0 unspecified atom stereocenters. The van der Waals surface area contributed by atoms with Gasteiger partial charge in [0, 0.05) is 0 Å². The Balaban J connectivity index is 1.72. The third-order valence-corrected chi connectivity index (χ3v) is 2.42. The molecule has 94 valence electrons. The Hall–Kier alpha value is -2.83. The number of rotatable bonds is 3. The summed E-state index contributed by atoms with van der Waals surface area (Å²) in [5.41, 5.74) is 4.23. The highest BCUT2D eigenvalue weighted by molar-refractivity contribution is 5.79. The van der Waals surface area contributed by atoms with Gasteiger partial charge in [-0.2, -0.15) is 9.62 Å². The molecular formula is C12H9FN6. The fourth-order valence-electron chi connectivity index (χ4n) is 1.51. The number of aromatic nitrogens is 4. The summed E-state index contributed by atoms with van der Waals surface area (Å²) in [4.78, 5) is 0. The van der Waals surface area contributed by atoms with Crippen LogP contribution in [0.15, 0.2) is 47.8 Å². The molecule has 2 aromatic heterocycles. The second-order valence-corrected chi connectivity index (χ2v) is 3.77. The molecule has 0 saturated carbocycles. The van der Waals surface area contributed by atoms with E-state index in [1.807, 2.05) is 0 Å². The summed E-state index contributed by atoms with van der Waals surface area (Å²) in [5.74, 6) is 0.287. The smallest absolute Gasteiger partial charge is 0.177 e. The maximum Gasteiger partial charge on any atom is 0.177 e. The second-order valence-electron chi connectivity index (χ2n) is 3.77. The quantitative estimate of drug-likeness (QED) is 0.572. The molecule has 0 bridgehead atoms. The average Bonchev–Trinajstić information content (AvgIpc) is 2.88. The third kappa shape index (κ3) is 2.54. The molecule has 7 heteroatoms. The Morgan fingerprint density at radius 2 is 2.00 bits per heavy atom. The molecule has 1 N–H and O–H groups in total. The summed E-state index contributed by atoms with van der Waals surface area (Å²) in [6.07, 6.45) is 3.08. The summed E-state index contributed by atoms with van der Waals surface area (Å²) >= 11 is 0. The van der Waals surface area contributed by atoms with Crippen LogP contribution < -0.4 is 5.43 Å². The van der Waals surface area contributed by atoms with Crippen LogP contribution in [0.4, 0.5) is 10.2 Å².